The topological polar surface area (TPSA) is 37.8 Å². The van der Waals surface area contributed by atoms with E-state index < -0.39 is 0 Å². The normalized spacial score (nSPS) is 12.4. The van der Waals surface area contributed by atoms with E-state index in [1.807, 2.05) is 19.3 Å². The van der Waals surface area contributed by atoms with Gasteiger partial charge in [-0.2, -0.15) is 0 Å². The van der Waals surface area contributed by atoms with Gasteiger partial charge < -0.3 is 5.32 Å². The summed E-state index contributed by atoms with van der Waals surface area (Å²) in [6, 6.07) is 4.61. The summed E-state index contributed by atoms with van der Waals surface area (Å²) in [7, 11) is 0. The Bertz CT molecular complexity index is 588. The molecule has 0 bridgehead atoms. The number of aryl methyl sites for hydroxylation is 4. The molecule has 0 amide bonds. The summed E-state index contributed by atoms with van der Waals surface area (Å²) in [6.45, 7) is 11.4. The third kappa shape index (κ3) is 3.05. The molecule has 1 N–H and O–H groups in total. The molecule has 0 aliphatic rings. The fourth-order valence-corrected chi connectivity index (χ4v) is 2.42. The molecule has 0 aliphatic carbocycles. The highest BCUT2D eigenvalue weighted by atomic mass is 14.9. The molecule has 1 atom stereocenters. The van der Waals surface area contributed by atoms with Gasteiger partial charge in [0.1, 0.15) is 0 Å². The van der Waals surface area contributed by atoms with Crippen molar-refractivity contribution in [1.29, 1.82) is 0 Å². The van der Waals surface area contributed by atoms with Crippen LogP contribution in [0.4, 0.5) is 0 Å². The summed E-state index contributed by atoms with van der Waals surface area (Å²) >= 11 is 0. The van der Waals surface area contributed by atoms with Crippen molar-refractivity contribution < 1.29 is 0 Å². The van der Waals surface area contributed by atoms with Crippen LogP contribution in [-0.4, -0.2) is 16.5 Å². The predicted molar refractivity (Wildman–Crippen MR) is 82.9 cm³/mol. The smallest absolute Gasteiger partial charge is 0.0801 e. The zero-order valence-corrected chi connectivity index (χ0v) is 13.0. The minimum Gasteiger partial charge on any atom is -0.305 e. The van der Waals surface area contributed by atoms with Gasteiger partial charge in [-0.25, -0.2) is 0 Å². The lowest BCUT2D eigenvalue weighted by Crippen LogP contribution is -2.24. The molecule has 0 saturated heterocycles. The Morgan fingerprint density at radius 3 is 2.25 bits per heavy atom. The summed E-state index contributed by atoms with van der Waals surface area (Å²) in [5.74, 6) is 0. The standard InChI is InChI=1S/C17H23N3/c1-6-18-17(16-10-19-14(5)9-20-16)15-8-12(3)11(2)7-13(15)4/h7-10,17-18H,6H2,1-5H3. The molecule has 1 aromatic carbocycles. The minimum atomic E-state index is 0.104. The van der Waals surface area contributed by atoms with Gasteiger partial charge in [-0.1, -0.05) is 19.1 Å². The second kappa shape index (κ2) is 6.14. The Balaban J connectivity index is 2.48. The first-order valence-corrected chi connectivity index (χ1v) is 7.12. The third-order valence-corrected chi connectivity index (χ3v) is 3.70. The molecule has 1 aromatic heterocycles. The van der Waals surface area contributed by atoms with Crippen molar-refractivity contribution in [3.8, 4) is 0 Å². The van der Waals surface area contributed by atoms with Gasteiger partial charge in [0.2, 0.25) is 0 Å². The van der Waals surface area contributed by atoms with Crippen molar-refractivity contribution in [2.75, 3.05) is 6.54 Å². The van der Waals surface area contributed by atoms with Gasteiger partial charge in [0.15, 0.2) is 0 Å². The van der Waals surface area contributed by atoms with Gasteiger partial charge in [0.05, 0.1) is 23.6 Å². The predicted octanol–water partition coefficient (Wildman–Crippen LogP) is 3.41. The highest BCUT2D eigenvalue weighted by molar-refractivity contribution is 5.40. The summed E-state index contributed by atoms with van der Waals surface area (Å²) in [4.78, 5) is 8.92. The van der Waals surface area contributed by atoms with E-state index >= 15 is 0 Å². The Morgan fingerprint density at radius 2 is 1.65 bits per heavy atom. The van der Waals surface area contributed by atoms with Gasteiger partial charge in [0.25, 0.3) is 0 Å². The average Bonchev–Trinajstić information content (AvgIpc) is 2.42. The molecule has 3 heteroatoms. The lowest BCUT2D eigenvalue weighted by Gasteiger charge is -2.21. The molecule has 2 aromatic rings. The van der Waals surface area contributed by atoms with Crippen molar-refractivity contribution in [2.24, 2.45) is 0 Å². The number of hydrogen-bond acceptors (Lipinski definition) is 3. The number of nitrogens with one attached hydrogen (secondary N) is 1. The van der Waals surface area contributed by atoms with E-state index in [0.717, 1.165) is 17.9 Å². The van der Waals surface area contributed by atoms with Gasteiger partial charge in [-0.05, 0) is 56.5 Å². The Labute approximate surface area is 121 Å². The fourth-order valence-electron chi connectivity index (χ4n) is 2.42. The summed E-state index contributed by atoms with van der Waals surface area (Å²) in [6.07, 6.45) is 3.70. The number of benzene rings is 1. The molecule has 3 nitrogen and oxygen atoms in total. The maximum atomic E-state index is 4.54. The maximum Gasteiger partial charge on any atom is 0.0801 e. The second-order valence-electron chi connectivity index (χ2n) is 5.37. The highest BCUT2D eigenvalue weighted by Crippen LogP contribution is 2.26. The molecule has 0 spiro atoms. The first-order valence-electron chi connectivity index (χ1n) is 7.12. The molecule has 2 rings (SSSR count). The monoisotopic (exact) mass is 269 g/mol. The van der Waals surface area contributed by atoms with Crippen LogP contribution < -0.4 is 5.32 Å². The Kier molecular flexibility index (Phi) is 4.50. The van der Waals surface area contributed by atoms with E-state index in [0.29, 0.717) is 0 Å². The van der Waals surface area contributed by atoms with Crippen LogP contribution in [0.5, 0.6) is 0 Å². The molecule has 0 fully saturated rings. The van der Waals surface area contributed by atoms with Gasteiger partial charge in [0, 0.05) is 6.20 Å². The summed E-state index contributed by atoms with van der Waals surface area (Å²) in [5, 5.41) is 3.52. The van der Waals surface area contributed by atoms with E-state index in [4.69, 9.17) is 0 Å². The largest absolute Gasteiger partial charge is 0.305 e. The lowest BCUT2D eigenvalue weighted by molar-refractivity contribution is 0.608. The third-order valence-electron chi connectivity index (χ3n) is 3.70. The first kappa shape index (κ1) is 14.7. The van der Waals surface area contributed by atoms with E-state index in [1.165, 1.54) is 22.3 Å². The van der Waals surface area contributed by atoms with E-state index in [9.17, 15) is 0 Å². The zero-order chi connectivity index (χ0) is 14.7. The van der Waals surface area contributed by atoms with Crippen LogP contribution in [0, 0.1) is 27.7 Å². The van der Waals surface area contributed by atoms with Crippen LogP contribution in [0.3, 0.4) is 0 Å². The van der Waals surface area contributed by atoms with E-state index in [2.05, 4.69) is 55.1 Å². The summed E-state index contributed by atoms with van der Waals surface area (Å²) < 4.78 is 0. The first-order chi connectivity index (χ1) is 9.52. The van der Waals surface area contributed by atoms with Crippen molar-refractivity contribution in [3.63, 3.8) is 0 Å². The molecule has 106 valence electrons. The van der Waals surface area contributed by atoms with Crippen LogP contribution in [0.1, 0.15) is 46.6 Å². The quantitative estimate of drug-likeness (QED) is 0.924. The maximum absolute atomic E-state index is 4.54. The SMILES string of the molecule is CCNC(c1cnc(C)cn1)c1cc(C)c(C)cc1C. The van der Waals surface area contributed by atoms with Crippen LogP contribution in [0.15, 0.2) is 24.5 Å². The summed E-state index contributed by atoms with van der Waals surface area (Å²) in [5.41, 5.74) is 7.14. The van der Waals surface area contributed by atoms with Crippen LogP contribution in [-0.2, 0) is 0 Å². The van der Waals surface area contributed by atoms with Crippen LogP contribution in [0.25, 0.3) is 0 Å². The molecule has 1 unspecified atom stereocenters. The molecular weight excluding hydrogens is 246 g/mol. The molecule has 0 aliphatic heterocycles. The van der Waals surface area contributed by atoms with Gasteiger partial charge in [-0.3, -0.25) is 9.97 Å². The van der Waals surface area contributed by atoms with Crippen molar-refractivity contribution in [2.45, 2.75) is 40.7 Å². The molecular formula is C17H23N3. The molecule has 0 saturated carbocycles. The number of rotatable bonds is 4. The number of aromatic nitrogens is 2. The van der Waals surface area contributed by atoms with Crippen molar-refractivity contribution in [1.82, 2.24) is 15.3 Å². The zero-order valence-electron chi connectivity index (χ0n) is 13.0. The van der Waals surface area contributed by atoms with E-state index in [1.54, 1.807) is 0 Å². The van der Waals surface area contributed by atoms with Gasteiger partial charge in [-0.15, -0.1) is 0 Å². The van der Waals surface area contributed by atoms with Gasteiger partial charge >= 0.3 is 0 Å². The van der Waals surface area contributed by atoms with Crippen molar-refractivity contribution >= 4 is 0 Å². The van der Waals surface area contributed by atoms with Crippen LogP contribution >= 0.6 is 0 Å². The fraction of sp³-hybridized carbons (Fsp3) is 0.412. The Hall–Kier alpha value is -1.74. The lowest BCUT2D eigenvalue weighted by atomic mass is 9.94. The second-order valence-corrected chi connectivity index (χ2v) is 5.37. The van der Waals surface area contributed by atoms with Crippen molar-refractivity contribution in [3.05, 3.63) is 58.2 Å². The average molecular weight is 269 g/mol. The van der Waals surface area contributed by atoms with Crippen LogP contribution in [0.2, 0.25) is 0 Å². The number of nitrogens with zero attached hydrogens (tertiary/aromatic N) is 2. The number of hydrogen-bond donors (Lipinski definition) is 1. The molecule has 1 heterocycles. The minimum absolute atomic E-state index is 0.104. The molecule has 0 radical (unpaired) electrons. The highest BCUT2D eigenvalue weighted by Gasteiger charge is 2.17. The Morgan fingerprint density at radius 1 is 0.950 bits per heavy atom. The van der Waals surface area contributed by atoms with E-state index in [-0.39, 0.29) is 6.04 Å². The molecule has 20 heavy (non-hydrogen) atoms.